The van der Waals surface area contributed by atoms with Gasteiger partial charge in [0.15, 0.2) is 0 Å². The number of nitrogens with one attached hydrogen (secondary N) is 1. The Bertz CT molecular complexity index is 383. The molecule has 88 valence electrons. The number of rotatable bonds is 1. The molecule has 1 unspecified atom stereocenters. The highest BCUT2D eigenvalue weighted by Crippen LogP contribution is 2.26. The van der Waals surface area contributed by atoms with Crippen LogP contribution in [0, 0.1) is 11.6 Å². The zero-order valence-electron chi connectivity index (χ0n) is 9.39. The maximum absolute atomic E-state index is 13.5. The smallest absolute Gasteiger partial charge is 0.129 e. The van der Waals surface area contributed by atoms with Crippen LogP contribution in [0.5, 0.6) is 0 Å². The van der Waals surface area contributed by atoms with Crippen molar-refractivity contribution in [2.45, 2.75) is 25.5 Å². The summed E-state index contributed by atoms with van der Waals surface area (Å²) in [6.07, 6.45) is -0.413. The van der Waals surface area contributed by atoms with Crippen LogP contribution in [0.1, 0.15) is 25.5 Å². The highest BCUT2D eigenvalue weighted by molar-refractivity contribution is 5.22. The van der Waals surface area contributed by atoms with Gasteiger partial charge >= 0.3 is 0 Å². The van der Waals surface area contributed by atoms with E-state index in [9.17, 15) is 8.78 Å². The lowest BCUT2D eigenvalue weighted by Gasteiger charge is -2.36. The molecule has 4 heteroatoms. The van der Waals surface area contributed by atoms with E-state index in [1.807, 2.05) is 13.8 Å². The number of hydrogen-bond acceptors (Lipinski definition) is 2. The minimum atomic E-state index is -0.440. The molecule has 1 fully saturated rings. The van der Waals surface area contributed by atoms with Crippen molar-refractivity contribution in [3.8, 4) is 0 Å². The summed E-state index contributed by atoms with van der Waals surface area (Å²) in [5.74, 6) is -0.863. The van der Waals surface area contributed by atoms with Crippen LogP contribution >= 0.6 is 0 Å². The van der Waals surface area contributed by atoms with Crippen LogP contribution in [0.25, 0.3) is 0 Å². The van der Waals surface area contributed by atoms with Gasteiger partial charge in [-0.05, 0) is 32.0 Å². The average Bonchev–Trinajstić information content (AvgIpc) is 2.22. The molecule has 0 spiro atoms. The minimum absolute atomic E-state index is 0.111. The maximum Gasteiger partial charge on any atom is 0.129 e. The molecule has 0 radical (unpaired) electrons. The molecule has 1 aromatic rings. The molecule has 1 N–H and O–H groups in total. The molecule has 2 rings (SSSR count). The van der Waals surface area contributed by atoms with E-state index in [0.29, 0.717) is 13.2 Å². The molecule has 1 aliphatic heterocycles. The Balaban J connectivity index is 2.17. The Morgan fingerprint density at radius 1 is 1.38 bits per heavy atom. The highest BCUT2D eigenvalue weighted by atomic mass is 19.1. The Labute approximate surface area is 93.6 Å². The second-order valence-electron chi connectivity index (χ2n) is 4.73. The SMILES string of the molecule is CC1(C)COC(c2cc(F)ccc2F)CN1. The van der Waals surface area contributed by atoms with Gasteiger partial charge in [-0.1, -0.05) is 0 Å². The van der Waals surface area contributed by atoms with Crippen LogP contribution in [-0.2, 0) is 4.74 Å². The van der Waals surface area contributed by atoms with E-state index < -0.39 is 17.7 Å². The molecule has 0 bridgehead atoms. The third-order valence-corrected chi connectivity index (χ3v) is 2.72. The topological polar surface area (TPSA) is 21.3 Å². The highest BCUT2D eigenvalue weighted by Gasteiger charge is 2.29. The summed E-state index contributed by atoms with van der Waals surface area (Å²) in [6.45, 7) is 4.98. The third kappa shape index (κ3) is 2.39. The molecule has 0 amide bonds. The second-order valence-corrected chi connectivity index (χ2v) is 4.73. The standard InChI is InChI=1S/C12H15F2NO/c1-12(2)7-16-11(6-15-12)9-5-8(13)3-4-10(9)14/h3-5,11,15H,6-7H2,1-2H3. The first-order valence-corrected chi connectivity index (χ1v) is 5.29. The van der Waals surface area contributed by atoms with Crippen LogP contribution in [0.2, 0.25) is 0 Å². The zero-order valence-corrected chi connectivity index (χ0v) is 9.39. The van der Waals surface area contributed by atoms with Crippen LogP contribution in [0.3, 0.4) is 0 Å². The Hall–Kier alpha value is -1.00. The van der Waals surface area contributed by atoms with Crippen molar-refractivity contribution in [2.24, 2.45) is 0 Å². The number of halogens is 2. The predicted octanol–water partition coefficient (Wildman–Crippen LogP) is 2.40. The van der Waals surface area contributed by atoms with Gasteiger partial charge in [0.2, 0.25) is 0 Å². The van der Waals surface area contributed by atoms with Crippen LogP contribution in [0.15, 0.2) is 18.2 Å². The second kappa shape index (κ2) is 4.11. The summed E-state index contributed by atoms with van der Waals surface area (Å²) < 4.78 is 32.0. The first-order chi connectivity index (χ1) is 7.48. The lowest BCUT2D eigenvalue weighted by Crippen LogP contribution is -2.50. The summed E-state index contributed by atoms with van der Waals surface area (Å²) in [6, 6.07) is 3.44. The molecule has 1 atom stereocenters. The van der Waals surface area contributed by atoms with Crippen molar-refractivity contribution in [3.05, 3.63) is 35.4 Å². The summed E-state index contributed by atoms with van der Waals surface area (Å²) >= 11 is 0. The molecule has 1 heterocycles. The van der Waals surface area contributed by atoms with Crippen molar-refractivity contribution in [2.75, 3.05) is 13.2 Å². The summed E-state index contributed by atoms with van der Waals surface area (Å²) in [5, 5.41) is 3.24. The Kier molecular flexibility index (Phi) is 2.95. The number of hydrogen-bond donors (Lipinski definition) is 1. The van der Waals surface area contributed by atoms with Crippen molar-refractivity contribution in [1.29, 1.82) is 0 Å². The predicted molar refractivity (Wildman–Crippen MR) is 57.1 cm³/mol. The fourth-order valence-corrected chi connectivity index (χ4v) is 1.75. The Morgan fingerprint density at radius 2 is 2.12 bits per heavy atom. The van der Waals surface area contributed by atoms with E-state index in [4.69, 9.17) is 4.74 Å². The van der Waals surface area contributed by atoms with E-state index in [-0.39, 0.29) is 11.1 Å². The summed E-state index contributed by atoms with van der Waals surface area (Å²) in [4.78, 5) is 0. The first-order valence-electron chi connectivity index (χ1n) is 5.29. The van der Waals surface area contributed by atoms with E-state index in [2.05, 4.69) is 5.32 Å². The third-order valence-electron chi connectivity index (χ3n) is 2.72. The number of morpholine rings is 1. The van der Waals surface area contributed by atoms with Gasteiger partial charge in [0.05, 0.1) is 12.7 Å². The molecule has 1 aromatic carbocycles. The fraction of sp³-hybridized carbons (Fsp3) is 0.500. The Morgan fingerprint density at radius 3 is 2.75 bits per heavy atom. The molecule has 0 aliphatic carbocycles. The molecule has 16 heavy (non-hydrogen) atoms. The van der Waals surface area contributed by atoms with Gasteiger partial charge in [-0.2, -0.15) is 0 Å². The number of benzene rings is 1. The van der Waals surface area contributed by atoms with E-state index in [1.54, 1.807) is 0 Å². The van der Waals surface area contributed by atoms with Crippen molar-refractivity contribution >= 4 is 0 Å². The van der Waals surface area contributed by atoms with Gasteiger partial charge in [-0.15, -0.1) is 0 Å². The average molecular weight is 227 g/mol. The number of ether oxygens (including phenoxy) is 1. The van der Waals surface area contributed by atoms with Crippen LogP contribution in [-0.4, -0.2) is 18.7 Å². The summed E-state index contributed by atoms with van der Waals surface area (Å²) in [7, 11) is 0. The van der Waals surface area contributed by atoms with Gasteiger partial charge in [-0.25, -0.2) is 8.78 Å². The largest absolute Gasteiger partial charge is 0.370 e. The van der Waals surface area contributed by atoms with Gasteiger partial charge in [0.25, 0.3) is 0 Å². The lowest BCUT2D eigenvalue weighted by molar-refractivity contribution is -0.0246. The van der Waals surface area contributed by atoms with E-state index in [1.165, 1.54) is 6.07 Å². The molecular formula is C12H15F2NO. The lowest BCUT2D eigenvalue weighted by atomic mass is 10.0. The zero-order chi connectivity index (χ0) is 11.8. The minimum Gasteiger partial charge on any atom is -0.370 e. The maximum atomic E-state index is 13.5. The molecule has 0 aromatic heterocycles. The van der Waals surface area contributed by atoms with E-state index in [0.717, 1.165) is 12.1 Å². The molecular weight excluding hydrogens is 212 g/mol. The quantitative estimate of drug-likeness (QED) is 0.795. The van der Waals surface area contributed by atoms with Crippen LogP contribution < -0.4 is 5.32 Å². The van der Waals surface area contributed by atoms with Gasteiger partial charge in [-0.3, -0.25) is 0 Å². The molecule has 1 saturated heterocycles. The van der Waals surface area contributed by atoms with Gasteiger partial charge < -0.3 is 10.1 Å². The van der Waals surface area contributed by atoms with Crippen molar-refractivity contribution < 1.29 is 13.5 Å². The summed E-state index contributed by atoms with van der Waals surface area (Å²) in [5.41, 5.74) is 0.170. The first kappa shape index (κ1) is 11.5. The van der Waals surface area contributed by atoms with Crippen molar-refractivity contribution in [3.63, 3.8) is 0 Å². The van der Waals surface area contributed by atoms with Gasteiger partial charge in [0, 0.05) is 17.6 Å². The van der Waals surface area contributed by atoms with Gasteiger partial charge in [0.1, 0.15) is 11.6 Å². The van der Waals surface area contributed by atoms with E-state index >= 15 is 0 Å². The fourth-order valence-electron chi connectivity index (χ4n) is 1.75. The van der Waals surface area contributed by atoms with Crippen LogP contribution in [0.4, 0.5) is 8.78 Å². The molecule has 2 nitrogen and oxygen atoms in total. The van der Waals surface area contributed by atoms with Crippen molar-refractivity contribution in [1.82, 2.24) is 5.32 Å². The molecule has 1 aliphatic rings. The monoisotopic (exact) mass is 227 g/mol. The normalized spacial score (nSPS) is 24.4. The molecule has 0 saturated carbocycles.